The average Bonchev–Trinajstić information content (AvgIpc) is 2.21. The first-order valence-corrected chi connectivity index (χ1v) is 7.50. The zero-order chi connectivity index (χ0) is 12.2. The number of nitrogens with two attached hydrogens (primary N) is 1. The fourth-order valence-electron chi connectivity index (χ4n) is 1.24. The van der Waals surface area contributed by atoms with Gasteiger partial charge < -0.3 is 5.73 Å². The van der Waals surface area contributed by atoms with Crippen molar-refractivity contribution >= 4 is 27.5 Å². The van der Waals surface area contributed by atoms with Crippen LogP contribution in [0.5, 0.6) is 0 Å². The van der Waals surface area contributed by atoms with Crippen LogP contribution in [0, 0.1) is 0 Å². The third kappa shape index (κ3) is 3.13. The summed E-state index contributed by atoms with van der Waals surface area (Å²) < 4.78 is 25.9. The van der Waals surface area contributed by atoms with Gasteiger partial charge in [-0.05, 0) is 24.0 Å². The van der Waals surface area contributed by atoms with E-state index < -0.39 is 10.0 Å². The molecule has 0 bridgehead atoms. The second-order valence-electron chi connectivity index (χ2n) is 3.13. The number of rotatable bonds is 5. The molecule has 0 heterocycles. The van der Waals surface area contributed by atoms with Crippen LogP contribution in [0.3, 0.4) is 0 Å². The van der Waals surface area contributed by atoms with Crippen molar-refractivity contribution in [3.05, 3.63) is 18.2 Å². The predicted octanol–water partition coefficient (Wildman–Crippen LogP) is 1.68. The van der Waals surface area contributed by atoms with Crippen LogP contribution in [0.15, 0.2) is 28.0 Å². The third-order valence-electron chi connectivity index (χ3n) is 1.93. The highest BCUT2D eigenvalue weighted by Gasteiger charge is 2.14. The zero-order valence-corrected chi connectivity index (χ0v) is 11.0. The molecule has 0 aromatic heterocycles. The van der Waals surface area contributed by atoms with E-state index in [4.69, 9.17) is 5.73 Å². The molecule has 0 aliphatic heterocycles. The molecule has 0 amide bonds. The molecule has 0 radical (unpaired) electrons. The molecule has 1 aromatic carbocycles. The summed E-state index contributed by atoms with van der Waals surface area (Å²) in [6.45, 7) is 4.12. The topological polar surface area (TPSA) is 72.2 Å². The largest absolute Gasteiger partial charge is 0.398 e. The highest BCUT2D eigenvalue weighted by Crippen LogP contribution is 2.27. The summed E-state index contributed by atoms with van der Waals surface area (Å²) >= 11 is 1.53. The lowest BCUT2D eigenvalue weighted by Crippen LogP contribution is -2.23. The molecule has 90 valence electrons. The summed E-state index contributed by atoms with van der Waals surface area (Å²) in [5, 5.41) is 0. The molecule has 6 heteroatoms. The van der Waals surface area contributed by atoms with Crippen molar-refractivity contribution in [1.82, 2.24) is 4.72 Å². The van der Waals surface area contributed by atoms with Gasteiger partial charge in [-0.25, -0.2) is 13.1 Å². The minimum Gasteiger partial charge on any atom is -0.398 e. The predicted molar refractivity (Wildman–Crippen MR) is 68.1 cm³/mol. The third-order valence-corrected chi connectivity index (χ3v) is 4.43. The number of thioether (sulfide) groups is 1. The van der Waals surface area contributed by atoms with Crippen molar-refractivity contribution < 1.29 is 8.42 Å². The summed E-state index contributed by atoms with van der Waals surface area (Å²) in [6.07, 6.45) is 0. The molecule has 0 unspecified atom stereocenters. The van der Waals surface area contributed by atoms with Gasteiger partial charge in [-0.2, -0.15) is 0 Å². The average molecular weight is 260 g/mol. The zero-order valence-electron chi connectivity index (χ0n) is 9.36. The lowest BCUT2D eigenvalue weighted by atomic mass is 10.3. The Morgan fingerprint density at radius 2 is 2.06 bits per heavy atom. The van der Waals surface area contributed by atoms with Crippen molar-refractivity contribution in [1.29, 1.82) is 0 Å². The molecule has 0 fully saturated rings. The van der Waals surface area contributed by atoms with E-state index in [9.17, 15) is 8.42 Å². The van der Waals surface area contributed by atoms with Crippen LogP contribution >= 0.6 is 11.8 Å². The van der Waals surface area contributed by atoms with E-state index in [1.54, 1.807) is 19.1 Å². The fraction of sp³-hybridized carbons (Fsp3) is 0.400. The second-order valence-corrected chi connectivity index (χ2v) is 6.21. The smallest absolute Gasteiger partial charge is 0.240 e. The van der Waals surface area contributed by atoms with Crippen molar-refractivity contribution in [3.63, 3.8) is 0 Å². The quantitative estimate of drug-likeness (QED) is 0.624. The maximum atomic E-state index is 11.7. The van der Waals surface area contributed by atoms with Crippen LogP contribution in [-0.2, 0) is 10.0 Å². The van der Waals surface area contributed by atoms with Crippen LogP contribution in [0.25, 0.3) is 0 Å². The highest BCUT2D eigenvalue weighted by atomic mass is 32.2. The Balaban J connectivity index is 3.12. The van der Waals surface area contributed by atoms with Gasteiger partial charge in [0.1, 0.15) is 0 Å². The Labute approximate surface area is 101 Å². The fourth-order valence-corrected chi connectivity index (χ4v) is 3.13. The molecule has 16 heavy (non-hydrogen) atoms. The summed E-state index contributed by atoms with van der Waals surface area (Å²) in [5.74, 6) is 0.856. The SMILES string of the molecule is CCNS(=O)(=O)c1ccc(N)c(SCC)c1. The number of hydrogen-bond acceptors (Lipinski definition) is 4. The molecule has 0 aliphatic rings. The van der Waals surface area contributed by atoms with Crippen molar-refractivity contribution in [2.24, 2.45) is 0 Å². The summed E-state index contributed by atoms with van der Waals surface area (Å²) in [7, 11) is -3.39. The number of sulfonamides is 1. The van der Waals surface area contributed by atoms with Gasteiger partial charge in [-0.15, -0.1) is 11.8 Å². The van der Waals surface area contributed by atoms with E-state index >= 15 is 0 Å². The maximum absolute atomic E-state index is 11.7. The first-order valence-electron chi connectivity index (χ1n) is 5.03. The lowest BCUT2D eigenvalue weighted by Gasteiger charge is -2.08. The molecular weight excluding hydrogens is 244 g/mol. The van der Waals surface area contributed by atoms with Crippen LogP contribution in [0.2, 0.25) is 0 Å². The van der Waals surface area contributed by atoms with Gasteiger partial charge in [0, 0.05) is 17.1 Å². The molecular formula is C10H16N2O2S2. The van der Waals surface area contributed by atoms with Gasteiger partial charge in [0.2, 0.25) is 10.0 Å². The van der Waals surface area contributed by atoms with Crippen LogP contribution in [0.1, 0.15) is 13.8 Å². The summed E-state index contributed by atoms with van der Waals surface area (Å²) in [4.78, 5) is 1.07. The molecule has 1 aromatic rings. The molecule has 4 nitrogen and oxygen atoms in total. The Morgan fingerprint density at radius 3 is 2.62 bits per heavy atom. The van der Waals surface area contributed by atoms with Gasteiger partial charge >= 0.3 is 0 Å². The number of hydrogen-bond donors (Lipinski definition) is 2. The van der Waals surface area contributed by atoms with Crippen molar-refractivity contribution in [2.45, 2.75) is 23.6 Å². The molecule has 0 spiro atoms. The molecule has 0 aliphatic carbocycles. The first-order chi connectivity index (χ1) is 7.51. The van der Waals surface area contributed by atoms with Crippen molar-refractivity contribution in [3.8, 4) is 0 Å². The van der Waals surface area contributed by atoms with Crippen LogP contribution < -0.4 is 10.5 Å². The number of anilines is 1. The lowest BCUT2D eigenvalue weighted by molar-refractivity contribution is 0.583. The van der Waals surface area contributed by atoms with Crippen LogP contribution in [-0.4, -0.2) is 20.7 Å². The van der Waals surface area contributed by atoms with E-state index in [0.717, 1.165) is 10.6 Å². The number of nitrogens with one attached hydrogen (secondary N) is 1. The second kappa shape index (κ2) is 5.56. The normalized spacial score (nSPS) is 11.6. The summed E-state index contributed by atoms with van der Waals surface area (Å²) in [5.41, 5.74) is 6.37. The Bertz CT molecular complexity index is 458. The summed E-state index contributed by atoms with van der Waals surface area (Å²) in [6, 6.07) is 4.76. The number of benzene rings is 1. The van der Waals surface area contributed by atoms with Crippen LogP contribution in [0.4, 0.5) is 5.69 Å². The van der Waals surface area contributed by atoms with Gasteiger partial charge in [0.25, 0.3) is 0 Å². The molecule has 0 saturated carbocycles. The first kappa shape index (κ1) is 13.3. The monoisotopic (exact) mass is 260 g/mol. The Morgan fingerprint density at radius 1 is 1.38 bits per heavy atom. The van der Waals surface area contributed by atoms with E-state index in [1.807, 2.05) is 6.92 Å². The van der Waals surface area contributed by atoms with E-state index in [1.165, 1.54) is 17.8 Å². The van der Waals surface area contributed by atoms with Gasteiger partial charge in [-0.1, -0.05) is 13.8 Å². The standard InChI is InChI=1S/C10H16N2O2S2/c1-3-12-16(13,14)8-5-6-9(11)10(7-8)15-4-2/h5-7,12H,3-4,11H2,1-2H3. The van der Waals surface area contributed by atoms with Crippen molar-refractivity contribution in [2.75, 3.05) is 18.0 Å². The Hall–Kier alpha value is -0.720. The van der Waals surface area contributed by atoms with Gasteiger partial charge in [0.15, 0.2) is 0 Å². The van der Waals surface area contributed by atoms with E-state index in [2.05, 4.69) is 4.72 Å². The molecule has 0 atom stereocenters. The van der Waals surface area contributed by atoms with Gasteiger partial charge in [-0.3, -0.25) is 0 Å². The van der Waals surface area contributed by atoms with E-state index in [-0.39, 0.29) is 4.90 Å². The molecule has 3 N–H and O–H groups in total. The van der Waals surface area contributed by atoms with Gasteiger partial charge in [0.05, 0.1) is 4.90 Å². The molecule has 1 rings (SSSR count). The minimum atomic E-state index is -3.39. The number of nitrogen functional groups attached to an aromatic ring is 1. The highest BCUT2D eigenvalue weighted by molar-refractivity contribution is 7.99. The Kier molecular flexibility index (Phi) is 4.64. The molecule has 0 saturated heterocycles. The van der Waals surface area contributed by atoms with E-state index in [0.29, 0.717) is 12.2 Å². The maximum Gasteiger partial charge on any atom is 0.240 e. The minimum absolute atomic E-state index is 0.263.